The number of hydrogen-bond acceptors (Lipinski definition) is 8. The fraction of sp³-hybridized carbons (Fsp3) is 0.172. The fourth-order valence-corrected chi connectivity index (χ4v) is 5.80. The summed E-state index contributed by atoms with van der Waals surface area (Å²) in [6.45, 7) is 1.94. The molecule has 1 aliphatic rings. The molecule has 2 amide bonds. The van der Waals surface area contributed by atoms with E-state index in [4.69, 9.17) is 27.9 Å². The molecule has 1 saturated heterocycles. The minimum absolute atomic E-state index is 0.0697. The topological polar surface area (TPSA) is 134 Å². The van der Waals surface area contributed by atoms with Crippen LogP contribution in [-0.4, -0.2) is 67.8 Å². The van der Waals surface area contributed by atoms with Gasteiger partial charge in [0.05, 0.1) is 22.2 Å². The van der Waals surface area contributed by atoms with Gasteiger partial charge in [0.2, 0.25) is 11.9 Å². The van der Waals surface area contributed by atoms with Crippen molar-refractivity contribution in [2.24, 2.45) is 0 Å². The molecule has 0 bridgehead atoms. The minimum atomic E-state index is -4.04. The Labute approximate surface area is 258 Å². The molecule has 1 aliphatic heterocycles. The van der Waals surface area contributed by atoms with E-state index in [9.17, 15) is 18.0 Å². The molecule has 0 saturated carbocycles. The largest absolute Gasteiger partial charge is 0.454 e. The SMILES string of the molecule is O=C(NCC(=O)N1CCN(c2ncccn2)CC1)c1ccc(S(=O)(=O)Nc2ccccc2Oc2ccc(Cl)cc2Cl)cc1. The number of sulfonamides is 1. The monoisotopic (exact) mass is 640 g/mol. The third-order valence-corrected chi connectivity index (χ3v) is 8.45. The molecule has 1 aromatic heterocycles. The van der Waals surface area contributed by atoms with Crippen LogP contribution < -0.4 is 19.7 Å². The van der Waals surface area contributed by atoms with Gasteiger partial charge >= 0.3 is 0 Å². The van der Waals surface area contributed by atoms with Crippen LogP contribution in [0, 0.1) is 0 Å². The van der Waals surface area contributed by atoms with Gasteiger partial charge in [-0.3, -0.25) is 14.3 Å². The van der Waals surface area contributed by atoms with E-state index in [1.807, 2.05) is 4.90 Å². The molecular formula is C29H26Cl2N6O5S. The molecular weight excluding hydrogens is 615 g/mol. The summed E-state index contributed by atoms with van der Waals surface area (Å²) in [5.41, 5.74) is 0.393. The number of aromatic nitrogens is 2. The van der Waals surface area contributed by atoms with Gasteiger partial charge in [-0.25, -0.2) is 18.4 Å². The first-order chi connectivity index (χ1) is 20.7. The Morgan fingerprint density at radius 2 is 1.56 bits per heavy atom. The standard InChI is InChI=1S/C29H26Cl2N6O5S/c30-21-8-11-25(23(31)18-21)42-26-5-2-1-4-24(26)35-43(40,41)22-9-6-20(7-10-22)28(39)34-19-27(38)36-14-16-37(17-15-36)29-32-12-3-13-33-29/h1-13,18,35H,14-17,19H2,(H,34,39). The predicted molar refractivity (Wildman–Crippen MR) is 163 cm³/mol. The van der Waals surface area contributed by atoms with Crippen LogP contribution in [0.3, 0.4) is 0 Å². The normalized spacial score (nSPS) is 13.3. The first-order valence-corrected chi connectivity index (χ1v) is 15.4. The lowest BCUT2D eigenvalue weighted by atomic mass is 10.2. The van der Waals surface area contributed by atoms with E-state index in [1.165, 1.54) is 30.3 Å². The van der Waals surface area contributed by atoms with E-state index in [0.29, 0.717) is 42.9 Å². The summed E-state index contributed by atoms with van der Waals surface area (Å²) in [6.07, 6.45) is 3.34. The zero-order valence-electron chi connectivity index (χ0n) is 22.6. The van der Waals surface area contributed by atoms with Crippen LogP contribution in [0.25, 0.3) is 0 Å². The maximum Gasteiger partial charge on any atom is 0.262 e. The van der Waals surface area contributed by atoms with Crippen LogP contribution in [0.2, 0.25) is 10.0 Å². The average Bonchev–Trinajstić information content (AvgIpc) is 3.02. The van der Waals surface area contributed by atoms with Gasteiger partial charge in [-0.05, 0) is 60.7 Å². The van der Waals surface area contributed by atoms with E-state index in [0.717, 1.165) is 0 Å². The highest BCUT2D eigenvalue weighted by atomic mass is 35.5. The van der Waals surface area contributed by atoms with Crippen molar-refractivity contribution in [3.05, 3.63) is 101 Å². The zero-order valence-corrected chi connectivity index (χ0v) is 24.9. The van der Waals surface area contributed by atoms with Gasteiger partial charge in [-0.15, -0.1) is 0 Å². The third-order valence-electron chi connectivity index (χ3n) is 6.54. The molecule has 43 heavy (non-hydrogen) atoms. The minimum Gasteiger partial charge on any atom is -0.454 e. The molecule has 2 heterocycles. The molecule has 0 atom stereocenters. The lowest BCUT2D eigenvalue weighted by Crippen LogP contribution is -2.51. The van der Waals surface area contributed by atoms with Gasteiger partial charge in [0.15, 0.2) is 5.75 Å². The smallest absolute Gasteiger partial charge is 0.262 e. The van der Waals surface area contributed by atoms with Crippen molar-refractivity contribution < 1.29 is 22.7 Å². The first-order valence-electron chi connectivity index (χ1n) is 13.1. The van der Waals surface area contributed by atoms with Crippen molar-refractivity contribution in [3.8, 4) is 11.5 Å². The molecule has 2 N–H and O–H groups in total. The van der Waals surface area contributed by atoms with Crippen molar-refractivity contribution in [3.63, 3.8) is 0 Å². The van der Waals surface area contributed by atoms with Crippen LogP contribution in [0.15, 0.2) is 90.1 Å². The van der Waals surface area contributed by atoms with E-state index in [2.05, 4.69) is 20.0 Å². The molecule has 0 radical (unpaired) electrons. The van der Waals surface area contributed by atoms with E-state index in [1.54, 1.807) is 59.8 Å². The van der Waals surface area contributed by atoms with Gasteiger partial charge in [-0.1, -0.05) is 35.3 Å². The molecule has 14 heteroatoms. The third kappa shape index (κ3) is 7.53. The van der Waals surface area contributed by atoms with Crippen molar-refractivity contribution in [1.29, 1.82) is 0 Å². The number of nitrogens with one attached hydrogen (secondary N) is 2. The number of para-hydroxylation sites is 2. The number of rotatable bonds is 9. The lowest BCUT2D eigenvalue weighted by molar-refractivity contribution is -0.130. The number of anilines is 2. The Morgan fingerprint density at radius 1 is 0.860 bits per heavy atom. The highest BCUT2D eigenvalue weighted by molar-refractivity contribution is 7.92. The number of halogens is 2. The predicted octanol–water partition coefficient (Wildman–Crippen LogP) is 4.46. The molecule has 222 valence electrons. The Hall–Kier alpha value is -4.39. The summed E-state index contributed by atoms with van der Waals surface area (Å²) < 4.78 is 34.6. The van der Waals surface area contributed by atoms with E-state index >= 15 is 0 Å². The quantitative estimate of drug-likeness (QED) is 0.274. The number of piperazine rings is 1. The number of ether oxygens (including phenoxy) is 1. The summed E-state index contributed by atoms with van der Waals surface area (Å²) in [5.74, 6) is 0.427. The fourth-order valence-electron chi connectivity index (χ4n) is 4.29. The van der Waals surface area contributed by atoms with Gasteiger partial charge in [0.25, 0.3) is 15.9 Å². The van der Waals surface area contributed by atoms with E-state index < -0.39 is 15.9 Å². The summed E-state index contributed by atoms with van der Waals surface area (Å²) in [4.78, 5) is 37.4. The summed E-state index contributed by atoms with van der Waals surface area (Å²) in [5, 5.41) is 3.31. The Bertz CT molecular complexity index is 1720. The Kier molecular flexibility index (Phi) is 9.29. The lowest BCUT2D eigenvalue weighted by Gasteiger charge is -2.34. The molecule has 0 unspecified atom stereocenters. The van der Waals surface area contributed by atoms with Crippen LogP contribution in [0.5, 0.6) is 11.5 Å². The van der Waals surface area contributed by atoms with Gasteiger partial charge < -0.3 is 19.9 Å². The van der Waals surface area contributed by atoms with E-state index in [-0.39, 0.29) is 39.4 Å². The summed E-state index contributed by atoms with van der Waals surface area (Å²) in [7, 11) is -4.04. The Balaban J connectivity index is 1.16. The molecule has 0 spiro atoms. The van der Waals surface area contributed by atoms with Crippen molar-refractivity contribution in [2.75, 3.05) is 42.3 Å². The van der Waals surface area contributed by atoms with Crippen LogP contribution >= 0.6 is 23.2 Å². The molecule has 4 aromatic rings. The van der Waals surface area contributed by atoms with Crippen LogP contribution in [-0.2, 0) is 14.8 Å². The maximum absolute atomic E-state index is 13.1. The maximum atomic E-state index is 13.1. The number of carbonyl (C=O) groups excluding carboxylic acids is 2. The second kappa shape index (κ2) is 13.3. The van der Waals surface area contributed by atoms with Crippen molar-refractivity contribution in [1.82, 2.24) is 20.2 Å². The summed E-state index contributed by atoms with van der Waals surface area (Å²) in [6, 6.07) is 18.3. The molecule has 11 nitrogen and oxygen atoms in total. The van der Waals surface area contributed by atoms with Gasteiger partial charge in [0, 0.05) is 49.2 Å². The zero-order chi connectivity index (χ0) is 30.4. The Morgan fingerprint density at radius 3 is 2.26 bits per heavy atom. The molecule has 5 rings (SSSR count). The first kappa shape index (κ1) is 30.1. The second-order valence-electron chi connectivity index (χ2n) is 9.40. The number of amides is 2. The van der Waals surface area contributed by atoms with Gasteiger partial charge in [0.1, 0.15) is 5.75 Å². The highest BCUT2D eigenvalue weighted by Gasteiger charge is 2.23. The molecule has 3 aromatic carbocycles. The molecule has 0 aliphatic carbocycles. The number of nitrogens with zero attached hydrogens (tertiary/aromatic N) is 4. The average molecular weight is 642 g/mol. The number of benzene rings is 3. The highest BCUT2D eigenvalue weighted by Crippen LogP contribution is 2.35. The van der Waals surface area contributed by atoms with Crippen molar-refractivity contribution >= 4 is 56.7 Å². The summed E-state index contributed by atoms with van der Waals surface area (Å²) >= 11 is 12.1. The molecule has 1 fully saturated rings. The number of carbonyl (C=O) groups is 2. The van der Waals surface area contributed by atoms with Crippen LogP contribution in [0.1, 0.15) is 10.4 Å². The van der Waals surface area contributed by atoms with Crippen LogP contribution in [0.4, 0.5) is 11.6 Å². The second-order valence-corrected chi connectivity index (χ2v) is 11.9. The number of hydrogen-bond donors (Lipinski definition) is 2. The van der Waals surface area contributed by atoms with Crippen molar-refractivity contribution in [2.45, 2.75) is 4.90 Å². The van der Waals surface area contributed by atoms with Gasteiger partial charge in [-0.2, -0.15) is 0 Å².